The lowest BCUT2D eigenvalue weighted by molar-refractivity contribution is 0.284. The molecule has 3 aromatic carbocycles. The standard InChI is InChI=1S/C27H34N2OSi2/c1-4-31(5-2,6-3)29(27-22-30-23-28-27)32(24-16-10-7-11-17-24,25-18-12-8-13-19-25)26-20-14-9-15-21-26/h7-21,23,27H,4-6,22H2,1-3H3. The maximum Gasteiger partial charge on any atom is 0.220 e. The molecule has 0 bridgehead atoms. The Hall–Kier alpha value is -2.48. The van der Waals surface area contributed by atoms with Gasteiger partial charge < -0.3 is 8.97 Å². The molecule has 5 heteroatoms. The minimum Gasteiger partial charge on any atom is -0.480 e. The summed E-state index contributed by atoms with van der Waals surface area (Å²) in [5.41, 5.74) is 0. The average Bonchev–Trinajstić information content (AvgIpc) is 3.41. The van der Waals surface area contributed by atoms with Crippen LogP contribution in [0.5, 0.6) is 0 Å². The number of benzene rings is 3. The summed E-state index contributed by atoms with van der Waals surface area (Å²) in [4.78, 5) is 4.94. The van der Waals surface area contributed by atoms with Crippen LogP contribution in [-0.4, -0.2) is 39.9 Å². The van der Waals surface area contributed by atoms with Crippen LogP contribution in [0, 0.1) is 0 Å². The first-order valence-corrected chi connectivity index (χ1v) is 16.3. The number of hydrogen-bond donors (Lipinski definition) is 0. The van der Waals surface area contributed by atoms with Crippen LogP contribution in [-0.2, 0) is 4.74 Å². The van der Waals surface area contributed by atoms with Crippen molar-refractivity contribution in [2.75, 3.05) is 6.61 Å². The van der Waals surface area contributed by atoms with Gasteiger partial charge in [0.05, 0.1) is 0 Å². The Balaban J connectivity index is 2.15. The van der Waals surface area contributed by atoms with E-state index in [2.05, 4.69) is 116 Å². The van der Waals surface area contributed by atoms with Gasteiger partial charge in [0.15, 0.2) is 6.40 Å². The van der Waals surface area contributed by atoms with Crippen LogP contribution in [0.1, 0.15) is 20.8 Å². The highest BCUT2D eigenvalue weighted by atomic mass is 28.4. The fourth-order valence-corrected chi connectivity index (χ4v) is 18.7. The van der Waals surface area contributed by atoms with Gasteiger partial charge >= 0.3 is 0 Å². The molecule has 0 aliphatic carbocycles. The third-order valence-electron chi connectivity index (χ3n) is 7.27. The second-order valence-electron chi connectivity index (χ2n) is 8.53. The third kappa shape index (κ3) is 3.79. The van der Waals surface area contributed by atoms with E-state index < -0.39 is 16.5 Å². The summed E-state index contributed by atoms with van der Waals surface area (Å²) in [7, 11) is -4.51. The first kappa shape index (κ1) is 22.7. The van der Waals surface area contributed by atoms with Crippen molar-refractivity contribution in [1.29, 1.82) is 0 Å². The molecule has 1 heterocycles. The summed E-state index contributed by atoms with van der Waals surface area (Å²) in [5.74, 6) is 0. The van der Waals surface area contributed by atoms with Gasteiger partial charge in [-0.1, -0.05) is 112 Å². The Labute approximate surface area is 195 Å². The summed E-state index contributed by atoms with van der Waals surface area (Å²) in [6.07, 6.45) is 1.73. The minimum absolute atomic E-state index is 0.0498. The SMILES string of the molecule is CC[Si](CC)(CC)N(C1COC=N1)[Si](c1ccccc1)(c1ccccc1)c1ccccc1. The van der Waals surface area contributed by atoms with Crippen molar-refractivity contribution in [2.24, 2.45) is 4.99 Å². The largest absolute Gasteiger partial charge is 0.480 e. The molecule has 0 spiro atoms. The first-order valence-electron chi connectivity index (χ1n) is 11.8. The van der Waals surface area contributed by atoms with Crippen LogP contribution in [0.3, 0.4) is 0 Å². The van der Waals surface area contributed by atoms with E-state index in [1.54, 1.807) is 6.40 Å². The van der Waals surface area contributed by atoms with Gasteiger partial charge in [-0.15, -0.1) is 0 Å². The Morgan fingerprint density at radius 3 is 1.44 bits per heavy atom. The molecular weight excluding hydrogens is 424 g/mol. The highest BCUT2D eigenvalue weighted by Crippen LogP contribution is 2.33. The molecule has 3 nitrogen and oxygen atoms in total. The van der Waals surface area contributed by atoms with Crippen molar-refractivity contribution in [1.82, 2.24) is 4.23 Å². The van der Waals surface area contributed by atoms with E-state index >= 15 is 0 Å². The van der Waals surface area contributed by atoms with E-state index in [-0.39, 0.29) is 6.17 Å². The summed E-state index contributed by atoms with van der Waals surface area (Å²) >= 11 is 0. The van der Waals surface area contributed by atoms with Gasteiger partial charge in [0, 0.05) is 0 Å². The monoisotopic (exact) mass is 458 g/mol. The number of rotatable bonds is 9. The van der Waals surface area contributed by atoms with Crippen molar-refractivity contribution >= 4 is 38.4 Å². The molecule has 1 unspecified atom stereocenters. The van der Waals surface area contributed by atoms with Gasteiger partial charge in [0.2, 0.25) is 8.24 Å². The number of ether oxygens (including phenoxy) is 1. The Bertz CT molecular complexity index is 903. The maximum atomic E-state index is 5.78. The molecule has 4 rings (SSSR count). The second-order valence-corrected chi connectivity index (χ2v) is 17.7. The van der Waals surface area contributed by atoms with E-state index in [9.17, 15) is 0 Å². The molecule has 0 aromatic heterocycles. The summed E-state index contributed by atoms with van der Waals surface area (Å²) in [6.45, 7) is 7.82. The number of nitrogens with zero attached hydrogens (tertiary/aromatic N) is 2. The zero-order valence-corrected chi connectivity index (χ0v) is 21.4. The molecule has 0 amide bonds. The van der Waals surface area contributed by atoms with E-state index in [1.165, 1.54) is 33.7 Å². The van der Waals surface area contributed by atoms with Crippen LogP contribution in [0.25, 0.3) is 0 Å². The number of hydrogen-bond acceptors (Lipinski definition) is 3. The van der Waals surface area contributed by atoms with Crippen molar-refractivity contribution in [3.05, 3.63) is 91.0 Å². The van der Waals surface area contributed by atoms with Gasteiger partial charge in [-0.2, -0.15) is 0 Å². The summed E-state index contributed by atoms with van der Waals surface area (Å²) < 4.78 is 8.73. The van der Waals surface area contributed by atoms with Crippen molar-refractivity contribution in [3.8, 4) is 0 Å². The predicted octanol–water partition coefficient (Wildman–Crippen LogP) is 4.35. The van der Waals surface area contributed by atoms with Crippen LogP contribution in [0.15, 0.2) is 96.0 Å². The molecule has 1 atom stereocenters. The molecule has 0 fully saturated rings. The highest BCUT2D eigenvalue weighted by molar-refractivity contribution is 7.14. The smallest absolute Gasteiger partial charge is 0.220 e. The zero-order chi connectivity index (χ0) is 22.4. The highest BCUT2D eigenvalue weighted by Gasteiger charge is 2.55. The van der Waals surface area contributed by atoms with Gasteiger partial charge in [-0.25, -0.2) is 4.99 Å². The van der Waals surface area contributed by atoms with Crippen molar-refractivity contribution < 1.29 is 4.74 Å². The molecular formula is C27H34N2OSi2. The van der Waals surface area contributed by atoms with Crippen molar-refractivity contribution in [3.63, 3.8) is 0 Å². The molecule has 1 aliphatic heterocycles. The van der Waals surface area contributed by atoms with Gasteiger partial charge in [0.25, 0.3) is 0 Å². The molecule has 32 heavy (non-hydrogen) atoms. The van der Waals surface area contributed by atoms with Crippen LogP contribution < -0.4 is 15.6 Å². The zero-order valence-electron chi connectivity index (χ0n) is 19.4. The van der Waals surface area contributed by atoms with Crippen LogP contribution >= 0.6 is 0 Å². The minimum atomic E-state index is -2.62. The average molecular weight is 459 g/mol. The lowest BCUT2D eigenvalue weighted by Crippen LogP contribution is -2.84. The summed E-state index contributed by atoms with van der Waals surface area (Å²) in [6, 6.07) is 37.3. The Kier molecular flexibility index (Phi) is 7.08. The fraction of sp³-hybridized carbons (Fsp3) is 0.296. The topological polar surface area (TPSA) is 24.8 Å². The quantitative estimate of drug-likeness (QED) is 0.352. The molecule has 1 aliphatic rings. The van der Waals surface area contributed by atoms with E-state index in [4.69, 9.17) is 9.73 Å². The van der Waals surface area contributed by atoms with Crippen molar-refractivity contribution in [2.45, 2.75) is 45.1 Å². The van der Waals surface area contributed by atoms with E-state index in [1.807, 2.05) is 0 Å². The lowest BCUT2D eigenvalue weighted by Gasteiger charge is -2.54. The number of aliphatic imine (C=N–C) groups is 1. The van der Waals surface area contributed by atoms with Crippen LogP contribution in [0.2, 0.25) is 18.1 Å². The normalized spacial score (nSPS) is 16.3. The Morgan fingerprint density at radius 2 is 1.12 bits per heavy atom. The molecule has 0 saturated heterocycles. The maximum absolute atomic E-state index is 5.78. The van der Waals surface area contributed by atoms with Gasteiger partial charge in [-0.3, -0.25) is 0 Å². The summed E-state index contributed by atoms with van der Waals surface area (Å²) in [5, 5.41) is 4.27. The molecule has 0 saturated carbocycles. The van der Waals surface area contributed by atoms with E-state index in [0.29, 0.717) is 6.61 Å². The molecule has 166 valence electrons. The molecule has 0 N–H and O–H groups in total. The first-order chi connectivity index (χ1) is 15.7. The Morgan fingerprint density at radius 1 is 0.719 bits per heavy atom. The lowest BCUT2D eigenvalue weighted by atomic mass is 10.3. The molecule has 0 radical (unpaired) electrons. The fourth-order valence-electron chi connectivity index (χ4n) is 5.54. The molecule has 3 aromatic rings. The van der Waals surface area contributed by atoms with Gasteiger partial charge in [-0.05, 0) is 33.7 Å². The van der Waals surface area contributed by atoms with Gasteiger partial charge in [0.1, 0.15) is 21.0 Å². The van der Waals surface area contributed by atoms with Crippen LogP contribution in [0.4, 0.5) is 0 Å². The predicted molar refractivity (Wildman–Crippen MR) is 141 cm³/mol. The third-order valence-corrected chi connectivity index (χ3v) is 19.5. The second kappa shape index (κ2) is 9.98. The van der Waals surface area contributed by atoms with E-state index in [0.717, 1.165) is 0 Å².